The third-order valence-corrected chi connectivity index (χ3v) is 7.54. The van der Waals surface area contributed by atoms with Gasteiger partial charge in [0.1, 0.15) is 5.75 Å². The van der Waals surface area contributed by atoms with Crippen molar-refractivity contribution in [1.82, 2.24) is 14.4 Å². The number of likely N-dealkylation sites (N-methyl/N-ethyl adjacent to an activating group) is 1. The number of carbonyl (C=O) groups excluding carboxylic acids is 2. The Hall–Kier alpha value is -2.52. The number of hydrogen-bond donors (Lipinski definition) is 0. The number of rotatable bonds is 4. The predicted octanol–water partition coefficient (Wildman–Crippen LogP) is 5.49. The number of nitrogens with zero attached hydrogens (tertiary/aromatic N) is 3. The van der Waals surface area contributed by atoms with E-state index in [0.717, 1.165) is 0 Å². The number of halogens is 4. The predicted molar refractivity (Wildman–Crippen MR) is 131 cm³/mol. The zero-order valence-electron chi connectivity index (χ0n) is 21.1. The quantitative estimate of drug-likeness (QED) is 0.496. The summed E-state index contributed by atoms with van der Waals surface area (Å²) in [5.74, 6) is -1.49. The largest absolute Gasteiger partial charge is 0.489 e. The normalized spacial score (nSPS) is 19.4. The number of hydrogen-bond acceptors (Lipinski definition) is 4. The van der Waals surface area contributed by atoms with Crippen molar-refractivity contribution in [1.29, 1.82) is 0 Å². The lowest BCUT2D eigenvalue weighted by molar-refractivity contribution is -0.0885. The van der Waals surface area contributed by atoms with Crippen LogP contribution in [-0.2, 0) is 11.1 Å². The Labute approximate surface area is 213 Å². The average molecular weight is 526 g/mol. The number of fused-ring (bicyclic) bond motifs is 2. The summed E-state index contributed by atoms with van der Waals surface area (Å²) in [6, 6.07) is 6.36. The first-order valence-electron chi connectivity index (χ1n) is 12.0. The lowest BCUT2D eigenvalue weighted by Gasteiger charge is -2.54. The summed E-state index contributed by atoms with van der Waals surface area (Å²) >= 11 is 6.32. The van der Waals surface area contributed by atoms with Crippen LogP contribution in [0.25, 0.3) is 0 Å². The number of carbonyl (C=O) groups is 2. The molecule has 0 radical (unpaired) electrons. The highest BCUT2D eigenvalue weighted by Crippen LogP contribution is 2.46. The first-order valence-corrected chi connectivity index (χ1v) is 12.3. The van der Waals surface area contributed by atoms with Crippen LogP contribution >= 0.6 is 11.6 Å². The number of Topliss-reactive ketones (excluding diaryl/α,β-unsaturated/α-hetero) is 1. The van der Waals surface area contributed by atoms with E-state index >= 15 is 0 Å². The summed E-state index contributed by atoms with van der Waals surface area (Å²) in [4.78, 5) is 29.2. The molecule has 3 heterocycles. The fraction of sp³-hybridized carbons (Fsp3) is 0.538. The molecule has 0 unspecified atom stereocenters. The van der Waals surface area contributed by atoms with Crippen molar-refractivity contribution in [2.45, 2.75) is 63.9 Å². The number of ether oxygens (including phenoxy) is 1. The van der Waals surface area contributed by atoms with Gasteiger partial charge in [-0.05, 0) is 71.8 Å². The summed E-state index contributed by atoms with van der Waals surface area (Å²) < 4.78 is 47.0. The summed E-state index contributed by atoms with van der Waals surface area (Å²) in [6.07, 6.45) is -2.60. The fourth-order valence-corrected chi connectivity index (χ4v) is 5.72. The minimum absolute atomic E-state index is 0.0503. The van der Waals surface area contributed by atoms with E-state index in [1.807, 2.05) is 39.3 Å². The average Bonchev–Trinajstić information content (AvgIpc) is 3.25. The fourth-order valence-electron chi connectivity index (χ4n) is 5.50. The van der Waals surface area contributed by atoms with E-state index in [1.165, 1.54) is 12.3 Å². The van der Waals surface area contributed by atoms with Gasteiger partial charge in [-0.15, -0.1) is 0 Å². The molecule has 0 aliphatic carbocycles. The van der Waals surface area contributed by atoms with E-state index in [-0.39, 0.29) is 17.6 Å². The van der Waals surface area contributed by atoms with Crippen molar-refractivity contribution >= 4 is 23.3 Å². The van der Waals surface area contributed by atoms with Crippen LogP contribution in [0, 0.1) is 0 Å². The van der Waals surface area contributed by atoms with Crippen molar-refractivity contribution in [2.24, 2.45) is 0 Å². The molecule has 0 N–H and O–H groups in total. The van der Waals surface area contributed by atoms with Crippen LogP contribution in [0.5, 0.6) is 5.75 Å². The second-order valence-electron chi connectivity index (χ2n) is 10.6. The number of benzene rings is 1. The van der Waals surface area contributed by atoms with E-state index < -0.39 is 23.0 Å². The Morgan fingerprint density at radius 3 is 2.28 bits per heavy atom. The van der Waals surface area contributed by atoms with Gasteiger partial charge in [0.25, 0.3) is 11.7 Å². The highest BCUT2D eigenvalue weighted by Gasteiger charge is 2.50. The van der Waals surface area contributed by atoms with Gasteiger partial charge in [-0.1, -0.05) is 11.6 Å². The standard InChI is InChI=1S/C26H31ClF3N3O3/c1-16(2)36-20-7-6-17(12-19(20)27)23(35)32-10-8-25(9-11-32)21-13-18(22(34)26(28,29)30)14-33(21)24(3,4)15-31(25)5/h6-7,12-14,16H,8-11,15H2,1-5H3. The van der Waals surface area contributed by atoms with Crippen molar-refractivity contribution in [3.05, 3.63) is 52.3 Å². The zero-order valence-corrected chi connectivity index (χ0v) is 21.8. The molecule has 1 amide bonds. The van der Waals surface area contributed by atoms with Gasteiger partial charge in [-0.3, -0.25) is 14.5 Å². The molecule has 2 aromatic rings. The van der Waals surface area contributed by atoms with Gasteiger partial charge in [-0.25, -0.2) is 0 Å². The molecule has 2 aliphatic heterocycles. The van der Waals surface area contributed by atoms with Gasteiger partial charge in [-0.2, -0.15) is 13.2 Å². The van der Waals surface area contributed by atoms with Crippen LogP contribution < -0.4 is 4.74 Å². The number of amides is 1. The first kappa shape index (κ1) is 26.5. The third-order valence-electron chi connectivity index (χ3n) is 7.24. The molecule has 0 atom stereocenters. The third kappa shape index (κ3) is 4.63. The molecule has 196 valence electrons. The number of aromatic nitrogens is 1. The van der Waals surface area contributed by atoms with Crippen LogP contribution in [0.1, 0.15) is 66.9 Å². The second-order valence-corrected chi connectivity index (χ2v) is 11.0. The maximum atomic E-state index is 13.2. The molecule has 1 spiro atoms. The van der Waals surface area contributed by atoms with Gasteiger partial charge >= 0.3 is 6.18 Å². The molecule has 1 fully saturated rings. The van der Waals surface area contributed by atoms with Gasteiger partial charge in [0.15, 0.2) is 0 Å². The van der Waals surface area contributed by atoms with E-state index in [4.69, 9.17) is 16.3 Å². The SMILES string of the molecule is CC(C)Oc1ccc(C(=O)N2CCC3(CC2)c2cc(C(=O)C(F)(F)F)cn2C(C)(C)CN3C)cc1Cl. The summed E-state index contributed by atoms with van der Waals surface area (Å²) in [5, 5.41) is 0.358. The highest BCUT2D eigenvalue weighted by molar-refractivity contribution is 6.32. The Kier molecular flexibility index (Phi) is 6.71. The Morgan fingerprint density at radius 2 is 1.72 bits per heavy atom. The monoisotopic (exact) mass is 525 g/mol. The lowest BCUT2D eigenvalue weighted by atomic mass is 9.78. The van der Waals surface area contributed by atoms with E-state index in [0.29, 0.717) is 54.5 Å². The van der Waals surface area contributed by atoms with Crippen molar-refractivity contribution in [2.75, 3.05) is 26.7 Å². The number of alkyl halides is 3. The van der Waals surface area contributed by atoms with E-state index in [2.05, 4.69) is 4.90 Å². The molecule has 1 saturated heterocycles. The van der Waals surface area contributed by atoms with E-state index in [9.17, 15) is 22.8 Å². The second kappa shape index (κ2) is 9.10. The summed E-state index contributed by atoms with van der Waals surface area (Å²) in [6.45, 7) is 9.09. The van der Waals surface area contributed by atoms with Crippen molar-refractivity contribution in [3.63, 3.8) is 0 Å². The molecule has 0 bridgehead atoms. The Morgan fingerprint density at radius 1 is 1.08 bits per heavy atom. The number of ketones is 1. The Balaban J connectivity index is 1.59. The molecular weight excluding hydrogens is 495 g/mol. The Bertz CT molecular complexity index is 1180. The van der Waals surface area contributed by atoms with Gasteiger partial charge in [0.2, 0.25) is 0 Å². The highest BCUT2D eigenvalue weighted by atomic mass is 35.5. The molecule has 0 saturated carbocycles. The summed E-state index contributed by atoms with van der Waals surface area (Å²) in [5.41, 5.74) is -0.297. The van der Waals surface area contributed by atoms with Gasteiger partial charge < -0.3 is 14.2 Å². The zero-order chi connectivity index (χ0) is 26.6. The molecule has 2 aliphatic rings. The van der Waals surface area contributed by atoms with Crippen molar-refractivity contribution < 1.29 is 27.5 Å². The minimum Gasteiger partial charge on any atom is -0.489 e. The first-order chi connectivity index (χ1) is 16.7. The minimum atomic E-state index is -4.94. The van der Waals surface area contributed by atoms with E-state index in [1.54, 1.807) is 23.1 Å². The molecule has 4 rings (SSSR count). The van der Waals surface area contributed by atoms with Gasteiger partial charge in [0, 0.05) is 42.7 Å². The van der Waals surface area contributed by atoms with Crippen LogP contribution in [0.15, 0.2) is 30.5 Å². The van der Waals surface area contributed by atoms with Crippen LogP contribution in [0.2, 0.25) is 5.02 Å². The molecule has 36 heavy (non-hydrogen) atoms. The topological polar surface area (TPSA) is 54.8 Å². The van der Waals surface area contributed by atoms with Crippen LogP contribution in [0.3, 0.4) is 0 Å². The molecule has 1 aromatic carbocycles. The van der Waals surface area contributed by atoms with Crippen molar-refractivity contribution in [3.8, 4) is 5.75 Å². The molecule has 6 nitrogen and oxygen atoms in total. The van der Waals surface area contributed by atoms with Gasteiger partial charge in [0.05, 0.1) is 22.2 Å². The molecular formula is C26H31ClF3N3O3. The number of likely N-dealkylation sites (tertiary alicyclic amines) is 1. The molecule has 1 aromatic heterocycles. The maximum absolute atomic E-state index is 13.2. The number of piperidine rings is 1. The maximum Gasteiger partial charge on any atom is 0.454 e. The molecule has 10 heteroatoms. The van der Waals surface area contributed by atoms with Crippen LogP contribution in [-0.4, -0.2) is 65.0 Å². The smallest absolute Gasteiger partial charge is 0.454 e. The van der Waals surface area contributed by atoms with Crippen LogP contribution in [0.4, 0.5) is 13.2 Å². The lowest BCUT2D eigenvalue weighted by Crippen LogP contribution is -2.60. The summed E-state index contributed by atoms with van der Waals surface area (Å²) in [7, 11) is 1.95.